The summed E-state index contributed by atoms with van der Waals surface area (Å²) in [4.78, 5) is 5.68. The summed E-state index contributed by atoms with van der Waals surface area (Å²) in [5, 5.41) is 0. The van der Waals surface area contributed by atoms with E-state index in [4.69, 9.17) is 0 Å². The summed E-state index contributed by atoms with van der Waals surface area (Å²) in [6, 6.07) is 2.55. The molecule has 0 aromatic heterocycles. The number of hydrogen-bond acceptors (Lipinski definition) is 2. The van der Waals surface area contributed by atoms with Crippen LogP contribution in [0.2, 0.25) is 0 Å². The first-order valence-electron chi connectivity index (χ1n) is 8.29. The van der Waals surface area contributed by atoms with Gasteiger partial charge in [-0.05, 0) is 51.5 Å². The van der Waals surface area contributed by atoms with Crippen molar-refractivity contribution in [2.75, 3.05) is 19.6 Å². The quantitative estimate of drug-likeness (QED) is 0.759. The molecule has 3 unspecified atom stereocenters. The molecule has 2 heterocycles. The van der Waals surface area contributed by atoms with Crippen LogP contribution in [0.5, 0.6) is 0 Å². The molecule has 3 atom stereocenters. The van der Waals surface area contributed by atoms with Gasteiger partial charge >= 0.3 is 0 Å². The van der Waals surface area contributed by atoms with Crippen molar-refractivity contribution in [1.82, 2.24) is 9.80 Å². The van der Waals surface area contributed by atoms with Crippen LogP contribution in [-0.4, -0.2) is 47.6 Å². The highest BCUT2D eigenvalue weighted by Gasteiger charge is 2.39. The van der Waals surface area contributed by atoms with E-state index >= 15 is 0 Å². The molecule has 1 aliphatic carbocycles. The van der Waals surface area contributed by atoms with Crippen molar-refractivity contribution >= 4 is 0 Å². The van der Waals surface area contributed by atoms with Gasteiger partial charge in [-0.2, -0.15) is 0 Å². The molecule has 0 aromatic carbocycles. The van der Waals surface area contributed by atoms with Gasteiger partial charge in [0.2, 0.25) is 0 Å². The van der Waals surface area contributed by atoms with Crippen molar-refractivity contribution in [2.45, 2.75) is 76.9 Å². The minimum absolute atomic E-state index is 0.829. The summed E-state index contributed by atoms with van der Waals surface area (Å²) >= 11 is 0. The molecule has 0 radical (unpaired) electrons. The lowest BCUT2D eigenvalue weighted by atomic mass is 9.78. The van der Waals surface area contributed by atoms with E-state index in [9.17, 15) is 0 Å². The van der Waals surface area contributed by atoms with Crippen LogP contribution in [0.1, 0.15) is 58.8 Å². The summed E-state index contributed by atoms with van der Waals surface area (Å²) in [7, 11) is 0. The fourth-order valence-corrected chi connectivity index (χ4v) is 4.33. The normalized spacial score (nSPS) is 37.0. The Bertz CT molecular complexity index is 274. The van der Waals surface area contributed by atoms with E-state index in [1.54, 1.807) is 0 Å². The van der Waals surface area contributed by atoms with Crippen LogP contribution in [0.25, 0.3) is 0 Å². The van der Waals surface area contributed by atoms with Gasteiger partial charge in [-0.15, -0.1) is 0 Å². The van der Waals surface area contributed by atoms with E-state index in [0.29, 0.717) is 0 Å². The minimum Gasteiger partial charge on any atom is -0.298 e. The van der Waals surface area contributed by atoms with E-state index in [-0.39, 0.29) is 0 Å². The lowest BCUT2D eigenvalue weighted by Crippen LogP contribution is -2.62. The fraction of sp³-hybridized carbons (Fsp3) is 1.00. The van der Waals surface area contributed by atoms with Crippen molar-refractivity contribution in [3.63, 3.8) is 0 Å². The SMILES string of the molecule is CCC1CN2CCCCC2CN1C(C)C1CCC1. The lowest BCUT2D eigenvalue weighted by Gasteiger charge is -2.52. The molecular weight excluding hydrogens is 220 g/mol. The third kappa shape index (κ3) is 2.34. The first kappa shape index (κ1) is 12.9. The van der Waals surface area contributed by atoms with E-state index in [1.165, 1.54) is 64.6 Å². The predicted octanol–water partition coefficient (Wildman–Crippen LogP) is 3.12. The Balaban J connectivity index is 1.67. The van der Waals surface area contributed by atoms with Crippen LogP contribution in [0.4, 0.5) is 0 Å². The van der Waals surface area contributed by atoms with Crippen LogP contribution in [0.15, 0.2) is 0 Å². The van der Waals surface area contributed by atoms with Gasteiger partial charge in [0.25, 0.3) is 0 Å². The molecular formula is C16H30N2. The minimum atomic E-state index is 0.829. The van der Waals surface area contributed by atoms with Gasteiger partial charge in [-0.25, -0.2) is 0 Å². The monoisotopic (exact) mass is 250 g/mol. The van der Waals surface area contributed by atoms with Crippen LogP contribution in [0, 0.1) is 5.92 Å². The molecule has 0 spiro atoms. The molecule has 2 saturated heterocycles. The number of rotatable bonds is 3. The largest absolute Gasteiger partial charge is 0.298 e. The maximum atomic E-state index is 2.89. The molecule has 3 rings (SSSR count). The van der Waals surface area contributed by atoms with E-state index in [1.807, 2.05) is 0 Å². The van der Waals surface area contributed by atoms with Crippen molar-refractivity contribution in [3.8, 4) is 0 Å². The van der Waals surface area contributed by atoms with Gasteiger partial charge in [0, 0.05) is 31.2 Å². The maximum absolute atomic E-state index is 2.89. The van der Waals surface area contributed by atoms with Crippen molar-refractivity contribution < 1.29 is 0 Å². The molecule has 0 bridgehead atoms. The van der Waals surface area contributed by atoms with Gasteiger partial charge in [0.15, 0.2) is 0 Å². The highest BCUT2D eigenvalue weighted by atomic mass is 15.3. The van der Waals surface area contributed by atoms with Gasteiger partial charge in [-0.1, -0.05) is 19.8 Å². The zero-order valence-corrected chi connectivity index (χ0v) is 12.3. The molecule has 2 heteroatoms. The third-order valence-corrected chi connectivity index (χ3v) is 5.91. The second kappa shape index (κ2) is 5.50. The summed E-state index contributed by atoms with van der Waals surface area (Å²) in [6.45, 7) is 8.96. The Morgan fingerprint density at radius 2 is 1.89 bits per heavy atom. The lowest BCUT2D eigenvalue weighted by molar-refractivity contribution is -0.0338. The van der Waals surface area contributed by atoms with E-state index in [2.05, 4.69) is 23.6 Å². The maximum Gasteiger partial charge on any atom is 0.0224 e. The molecule has 1 saturated carbocycles. The summed E-state index contributed by atoms with van der Waals surface area (Å²) in [5.41, 5.74) is 0. The highest BCUT2D eigenvalue weighted by Crippen LogP contribution is 2.35. The Morgan fingerprint density at radius 1 is 1.06 bits per heavy atom. The second-order valence-corrected chi connectivity index (χ2v) is 6.83. The topological polar surface area (TPSA) is 6.48 Å². The number of hydrogen-bond donors (Lipinski definition) is 0. The van der Waals surface area contributed by atoms with Crippen molar-refractivity contribution in [2.24, 2.45) is 5.92 Å². The number of fused-ring (bicyclic) bond motifs is 1. The average Bonchev–Trinajstić information content (AvgIpc) is 2.35. The molecule has 0 N–H and O–H groups in total. The summed E-state index contributed by atoms with van der Waals surface area (Å²) < 4.78 is 0. The van der Waals surface area contributed by atoms with E-state index in [0.717, 1.165) is 24.0 Å². The Morgan fingerprint density at radius 3 is 2.56 bits per heavy atom. The fourth-order valence-electron chi connectivity index (χ4n) is 4.33. The van der Waals surface area contributed by atoms with Gasteiger partial charge in [0.05, 0.1) is 0 Å². The number of piperazine rings is 1. The van der Waals surface area contributed by atoms with Crippen molar-refractivity contribution in [3.05, 3.63) is 0 Å². The zero-order chi connectivity index (χ0) is 12.5. The first-order chi connectivity index (χ1) is 8.79. The molecule has 104 valence electrons. The number of piperidine rings is 1. The molecule has 2 aliphatic heterocycles. The standard InChI is InChI=1S/C16H30N2/c1-3-15-11-17-10-5-4-9-16(17)12-18(15)13(2)14-7-6-8-14/h13-16H,3-12H2,1-2H3. The van der Waals surface area contributed by atoms with Crippen LogP contribution in [-0.2, 0) is 0 Å². The zero-order valence-electron chi connectivity index (χ0n) is 12.3. The van der Waals surface area contributed by atoms with Crippen LogP contribution in [0.3, 0.4) is 0 Å². The third-order valence-electron chi connectivity index (χ3n) is 5.91. The second-order valence-electron chi connectivity index (χ2n) is 6.83. The summed E-state index contributed by atoms with van der Waals surface area (Å²) in [5.74, 6) is 1.01. The Labute approximate surface area is 113 Å². The molecule has 3 aliphatic rings. The van der Waals surface area contributed by atoms with Gasteiger partial charge < -0.3 is 0 Å². The Hall–Kier alpha value is -0.0800. The van der Waals surface area contributed by atoms with Gasteiger partial charge in [-0.3, -0.25) is 9.80 Å². The predicted molar refractivity (Wildman–Crippen MR) is 76.8 cm³/mol. The molecule has 0 amide bonds. The van der Waals surface area contributed by atoms with Crippen LogP contribution < -0.4 is 0 Å². The summed E-state index contributed by atoms with van der Waals surface area (Å²) in [6.07, 6.45) is 10.1. The average molecular weight is 250 g/mol. The highest BCUT2D eigenvalue weighted by molar-refractivity contribution is 4.94. The van der Waals surface area contributed by atoms with Gasteiger partial charge in [0.1, 0.15) is 0 Å². The first-order valence-corrected chi connectivity index (χ1v) is 8.29. The van der Waals surface area contributed by atoms with E-state index < -0.39 is 0 Å². The number of nitrogens with zero attached hydrogens (tertiary/aromatic N) is 2. The van der Waals surface area contributed by atoms with Crippen molar-refractivity contribution in [1.29, 1.82) is 0 Å². The molecule has 0 aromatic rings. The smallest absolute Gasteiger partial charge is 0.0224 e. The van der Waals surface area contributed by atoms with Crippen LogP contribution >= 0.6 is 0 Å². The molecule has 3 fully saturated rings. The molecule has 18 heavy (non-hydrogen) atoms. The Kier molecular flexibility index (Phi) is 3.95. The molecule has 2 nitrogen and oxygen atoms in total.